The summed E-state index contributed by atoms with van der Waals surface area (Å²) in [7, 11) is 6.59. The summed E-state index contributed by atoms with van der Waals surface area (Å²) in [6.07, 6.45) is 3.49. The molecule has 5 rings (SSSR count). The van der Waals surface area contributed by atoms with Gasteiger partial charge in [0.2, 0.25) is 5.91 Å². The predicted molar refractivity (Wildman–Crippen MR) is 146 cm³/mol. The van der Waals surface area contributed by atoms with Gasteiger partial charge in [0.15, 0.2) is 23.0 Å². The lowest BCUT2D eigenvalue weighted by Crippen LogP contribution is -2.44. The minimum atomic E-state index is -0.0155. The van der Waals surface area contributed by atoms with Crippen LogP contribution in [0.25, 0.3) is 0 Å². The topological polar surface area (TPSA) is 69.3 Å². The SMILES string of the molecule is COc1ccc(C[C@@H]2c3cc(OC)c(OC)cc3CCN2CC(=O)N[C@H]2CCc3ccccc32)cc1OC. The number of benzene rings is 3. The lowest BCUT2D eigenvalue weighted by molar-refractivity contribution is -0.123. The van der Waals surface area contributed by atoms with E-state index in [1.165, 1.54) is 16.7 Å². The van der Waals surface area contributed by atoms with Crippen molar-refractivity contribution in [2.24, 2.45) is 0 Å². The van der Waals surface area contributed by atoms with Gasteiger partial charge in [0, 0.05) is 12.6 Å². The number of aryl methyl sites for hydroxylation is 1. The second kappa shape index (κ2) is 11.4. The molecule has 0 fully saturated rings. The van der Waals surface area contributed by atoms with Gasteiger partial charge in [0.25, 0.3) is 0 Å². The van der Waals surface area contributed by atoms with Crippen LogP contribution in [0.1, 0.15) is 46.3 Å². The Morgan fingerprint density at radius 2 is 1.53 bits per heavy atom. The molecule has 7 nitrogen and oxygen atoms in total. The molecular weight excluding hydrogens is 480 g/mol. The molecule has 1 N–H and O–H groups in total. The molecule has 0 spiro atoms. The molecule has 0 saturated carbocycles. The quantitative estimate of drug-likeness (QED) is 0.446. The number of rotatable bonds is 9. The van der Waals surface area contributed by atoms with Crippen LogP contribution in [-0.4, -0.2) is 52.3 Å². The van der Waals surface area contributed by atoms with Crippen molar-refractivity contribution in [3.05, 3.63) is 82.4 Å². The highest BCUT2D eigenvalue weighted by molar-refractivity contribution is 5.79. The molecule has 7 heteroatoms. The lowest BCUT2D eigenvalue weighted by Gasteiger charge is -2.38. The summed E-state index contributed by atoms with van der Waals surface area (Å²) >= 11 is 0. The van der Waals surface area contributed by atoms with Gasteiger partial charge in [-0.25, -0.2) is 0 Å². The molecule has 0 aromatic heterocycles. The van der Waals surface area contributed by atoms with E-state index in [2.05, 4.69) is 46.6 Å². The molecule has 2 aliphatic rings. The number of nitrogens with one attached hydrogen (secondary N) is 1. The Morgan fingerprint density at radius 3 is 2.29 bits per heavy atom. The zero-order valence-electron chi connectivity index (χ0n) is 22.6. The highest BCUT2D eigenvalue weighted by Crippen LogP contribution is 2.40. The van der Waals surface area contributed by atoms with Gasteiger partial charge in [-0.1, -0.05) is 30.3 Å². The van der Waals surface area contributed by atoms with E-state index in [0.29, 0.717) is 30.2 Å². The van der Waals surface area contributed by atoms with Crippen LogP contribution in [0.2, 0.25) is 0 Å². The van der Waals surface area contributed by atoms with Crippen LogP contribution in [0.4, 0.5) is 0 Å². The zero-order valence-corrected chi connectivity index (χ0v) is 22.6. The van der Waals surface area contributed by atoms with Crippen molar-refractivity contribution >= 4 is 5.91 Å². The van der Waals surface area contributed by atoms with Crippen molar-refractivity contribution in [3.63, 3.8) is 0 Å². The Balaban J connectivity index is 1.42. The van der Waals surface area contributed by atoms with Crippen LogP contribution in [0, 0.1) is 0 Å². The van der Waals surface area contributed by atoms with Crippen LogP contribution < -0.4 is 24.3 Å². The smallest absolute Gasteiger partial charge is 0.234 e. The van der Waals surface area contributed by atoms with E-state index in [1.807, 2.05) is 18.2 Å². The Hall–Kier alpha value is -3.71. The summed E-state index contributed by atoms with van der Waals surface area (Å²) in [4.78, 5) is 15.6. The number of ether oxygens (including phenoxy) is 4. The zero-order chi connectivity index (χ0) is 26.6. The Kier molecular flexibility index (Phi) is 7.74. The Bertz CT molecular complexity index is 1310. The fourth-order valence-corrected chi connectivity index (χ4v) is 5.87. The van der Waals surface area contributed by atoms with Gasteiger partial charge in [-0.15, -0.1) is 0 Å². The summed E-state index contributed by atoms with van der Waals surface area (Å²) in [5, 5.41) is 3.30. The van der Waals surface area contributed by atoms with E-state index in [4.69, 9.17) is 18.9 Å². The summed E-state index contributed by atoms with van der Waals surface area (Å²) in [6, 6.07) is 18.6. The molecule has 1 amide bonds. The van der Waals surface area contributed by atoms with E-state index in [1.54, 1.807) is 28.4 Å². The van der Waals surface area contributed by atoms with Crippen molar-refractivity contribution < 1.29 is 23.7 Å². The molecule has 3 aromatic rings. The Morgan fingerprint density at radius 1 is 0.816 bits per heavy atom. The first-order chi connectivity index (χ1) is 18.5. The van der Waals surface area contributed by atoms with E-state index in [0.717, 1.165) is 42.7 Å². The van der Waals surface area contributed by atoms with Crippen LogP contribution in [0.3, 0.4) is 0 Å². The van der Waals surface area contributed by atoms with Gasteiger partial charge in [-0.05, 0) is 77.8 Å². The number of methoxy groups -OCH3 is 4. The number of hydrogen-bond donors (Lipinski definition) is 1. The van der Waals surface area contributed by atoms with E-state index in [-0.39, 0.29) is 18.0 Å². The lowest BCUT2D eigenvalue weighted by atomic mass is 9.88. The third-order valence-corrected chi connectivity index (χ3v) is 7.81. The number of nitrogens with zero attached hydrogens (tertiary/aromatic N) is 1. The average Bonchev–Trinajstić information content (AvgIpc) is 3.35. The largest absolute Gasteiger partial charge is 0.493 e. The minimum absolute atomic E-state index is 0.0155. The van der Waals surface area contributed by atoms with Gasteiger partial charge in [0.05, 0.1) is 41.0 Å². The molecule has 0 unspecified atom stereocenters. The number of carbonyl (C=O) groups is 1. The van der Waals surface area contributed by atoms with Crippen molar-refractivity contribution in [2.45, 2.75) is 37.8 Å². The van der Waals surface area contributed by atoms with Crippen LogP contribution in [-0.2, 0) is 24.1 Å². The number of hydrogen-bond acceptors (Lipinski definition) is 6. The number of amides is 1. The second-order valence-electron chi connectivity index (χ2n) is 9.89. The molecular formula is C31H36N2O5. The number of fused-ring (bicyclic) bond motifs is 2. The molecule has 0 saturated heterocycles. The highest BCUT2D eigenvalue weighted by Gasteiger charge is 2.32. The first kappa shape index (κ1) is 25.9. The van der Waals surface area contributed by atoms with E-state index >= 15 is 0 Å². The molecule has 0 radical (unpaired) electrons. The standard InChI is InChI=1S/C31H36N2O5/c1-35-27-12-9-20(16-28(27)36-2)15-26-24-18-30(38-4)29(37-3)17-22(24)13-14-33(26)19-31(34)32-25-11-10-21-7-5-6-8-23(21)25/h5-9,12,16-18,25-26H,10-11,13-15,19H2,1-4H3,(H,32,34)/t25-,26+/m0/s1. The van der Waals surface area contributed by atoms with Crippen molar-refractivity contribution in [3.8, 4) is 23.0 Å². The minimum Gasteiger partial charge on any atom is -0.493 e. The van der Waals surface area contributed by atoms with Gasteiger partial charge in [-0.2, -0.15) is 0 Å². The third-order valence-electron chi connectivity index (χ3n) is 7.81. The summed E-state index contributed by atoms with van der Waals surface area (Å²) in [6.45, 7) is 1.10. The first-order valence-corrected chi connectivity index (χ1v) is 13.1. The van der Waals surface area contributed by atoms with Crippen LogP contribution in [0.5, 0.6) is 23.0 Å². The maximum absolute atomic E-state index is 13.4. The number of carbonyl (C=O) groups excluding carboxylic acids is 1. The monoisotopic (exact) mass is 516 g/mol. The molecule has 3 aromatic carbocycles. The average molecular weight is 517 g/mol. The molecule has 38 heavy (non-hydrogen) atoms. The molecule has 1 aliphatic heterocycles. The van der Waals surface area contributed by atoms with Crippen LogP contribution >= 0.6 is 0 Å². The van der Waals surface area contributed by atoms with Crippen molar-refractivity contribution in [2.75, 3.05) is 41.5 Å². The molecule has 0 bridgehead atoms. The summed E-state index contributed by atoms with van der Waals surface area (Å²) in [5.41, 5.74) is 6.04. The fraction of sp³-hybridized carbons (Fsp3) is 0.387. The fourth-order valence-electron chi connectivity index (χ4n) is 5.87. The maximum Gasteiger partial charge on any atom is 0.234 e. The maximum atomic E-state index is 13.4. The van der Waals surface area contributed by atoms with Gasteiger partial charge in [0.1, 0.15) is 0 Å². The van der Waals surface area contributed by atoms with E-state index < -0.39 is 0 Å². The van der Waals surface area contributed by atoms with Gasteiger partial charge >= 0.3 is 0 Å². The van der Waals surface area contributed by atoms with E-state index in [9.17, 15) is 4.79 Å². The second-order valence-corrected chi connectivity index (χ2v) is 9.89. The van der Waals surface area contributed by atoms with Crippen molar-refractivity contribution in [1.29, 1.82) is 0 Å². The van der Waals surface area contributed by atoms with Gasteiger partial charge in [-0.3, -0.25) is 9.69 Å². The third kappa shape index (κ3) is 5.16. The summed E-state index contributed by atoms with van der Waals surface area (Å²) in [5.74, 6) is 2.85. The summed E-state index contributed by atoms with van der Waals surface area (Å²) < 4.78 is 22.2. The first-order valence-electron chi connectivity index (χ1n) is 13.1. The van der Waals surface area contributed by atoms with Gasteiger partial charge < -0.3 is 24.3 Å². The molecule has 1 aliphatic carbocycles. The Labute approximate surface area is 224 Å². The molecule has 2 atom stereocenters. The molecule has 200 valence electrons. The molecule has 1 heterocycles. The predicted octanol–water partition coefficient (Wildman–Crippen LogP) is 4.67. The normalized spacial score (nSPS) is 18.3. The highest BCUT2D eigenvalue weighted by atomic mass is 16.5. The van der Waals surface area contributed by atoms with Crippen LogP contribution in [0.15, 0.2) is 54.6 Å². The van der Waals surface area contributed by atoms with Crippen molar-refractivity contribution in [1.82, 2.24) is 10.2 Å².